The molecule has 0 unspecified atom stereocenters. The second-order valence-electron chi connectivity index (χ2n) is 8.35. The van der Waals surface area contributed by atoms with Crippen molar-refractivity contribution in [1.29, 1.82) is 0 Å². The summed E-state index contributed by atoms with van der Waals surface area (Å²) in [4.78, 5) is 23.9. The van der Waals surface area contributed by atoms with Gasteiger partial charge in [0.15, 0.2) is 0 Å². The van der Waals surface area contributed by atoms with Crippen molar-refractivity contribution in [2.24, 2.45) is 0 Å². The van der Waals surface area contributed by atoms with Gasteiger partial charge in [0.1, 0.15) is 5.75 Å². The SMILES string of the molecule is O=C(NC1CCC(=CCCc2cccc(Oc3ccc(C(F)(F)F)cn3)c2)CC1)c1ncccn1. The monoisotopic (exact) mass is 482 g/mol. The molecule has 0 radical (unpaired) electrons. The Bertz CT molecular complexity index is 1160. The topological polar surface area (TPSA) is 77.0 Å². The number of aromatic nitrogens is 3. The molecule has 1 aliphatic rings. The number of allylic oxidation sites excluding steroid dienone is 2. The Balaban J connectivity index is 1.23. The van der Waals surface area contributed by atoms with Crippen molar-refractivity contribution in [2.75, 3.05) is 0 Å². The van der Waals surface area contributed by atoms with E-state index in [1.54, 1.807) is 24.5 Å². The van der Waals surface area contributed by atoms with Crippen molar-refractivity contribution in [3.63, 3.8) is 0 Å². The molecule has 1 N–H and O–H groups in total. The average molecular weight is 483 g/mol. The highest BCUT2D eigenvalue weighted by Gasteiger charge is 2.30. The van der Waals surface area contributed by atoms with Crippen molar-refractivity contribution < 1.29 is 22.7 Å². The van der Waals surface area contributed by atoms with Gasteiger partial charge in [0, 0.05) is 30.7 Å². The quantitative estimate of drug-likeness (QED) is 0.424. The van der Waals surface area contributed by atoms with Gasteiger partial charge in [-0.25, -0.2) is 15.0 Å². The number of benzene rings is 1. The largest absolute Gasteiger partial charge is 0.439 e. The van der Waals surface area contributed by atoms with E-state index in [1.165, 1.54) is 11.6 Å². The number of hydrogen-bond acceptors (Lipinski definition) is 5. The molecule has 6 nitrogen and oxygen atoms in total. The number of aryl methyl sites for hydroxylation is 1. The van der Waals surface area contributed by atoms with Crippen LogP contribution in [0.25, 0.3) is 0 Å². The molecule has 1 aliphatic carbocycles. The zero-order valence-electron chi connectivity index (χ0n) is 19.0. The van der Waals surface area contributed by atoms with Crippen LogP contribution >= 0.6 is 0 Å². The van der Waals surface area contributed by atoms with Crippen LogP contribution in [0.4, 0.5) is 13.2 Å². The molecular weight excluding hydrogens is 457 g/mol. The lowest BCUT2D eigenvalue weighted by Crippen LogP contribution is -2.37. The first-order valence-electron chi connectivity index (χ1n) is 11.4. The average Bonchev–Trinajstić information content (AvgIpc) is 2.86. The first-order valence-corrected chi connectivity index (χ1v) is 11.4. The highest BCUT2D eigenvalue weighted by molar-refractivity contribution is 5.90. The van der Waals surface area contributed by atoms with Crippen LogP contribution in [0, 0.1) is 0 Å². The van der Waals surface area contributed by atoms with Crippen LogP contribution in [0.1, 0.15) is 53.8 Å². The summed E-state index contributed by atoms with van der Waals surface area (Å²) in [6.07, 6.45) is 7.01. The van der Waals surface area contributed by atoms with Gasteiger partial charge in [0.25, 0.3) is 5.91 Å². The number of nitrogens with one attached hydrogen (secondary N) is 1. The van der Waals surface area contributed by atoms with E-state index in [0.29, 0.717) is 5.75 Å². The molecule has 1 amide bonds. The second-order valence-corrected chi connectivity index (χ2v) is 8.35. The summed E-state index contributed by atoms with van der Waals surface area (Å²) in [6.45, 7) is 0. The van der Waals surface area contributed by atoms with Crippen LogP contribution in [-0.2, 0) is 12.6 Å². The van der Waals surface area contributed by atoms with Crippen LogP contribution < -0.4 is 10.1 Å². The van der Waals surface area contributed by atoms with Gasteiger partial charge in [0.05, 0.1) is 5.56 Å². The molecule has 1 fully saturated rings. The molecule has 2 heterocycles. The predicted octanol–water partition coefficient (Wildman–Crippen LogP) is 5.91. The molecule has 0 atom stereocenters. The zero-order chi connectivity index (χ0) is 24.7. The van der Waals surface area contributed by atoms with Crippen LogP contribution in [0.3, 0.4) is 0 Å². The van der Waals surface area contributed by atoms with Crippen LogP contribution in [0.5, 0.6) is 11.6 Å². The third-order valence-electron chi connectivity index (χ3n) is 5.78. The molecule has 0 aliphatic heterocycles. The first kappa shape index (κ1) is 24.4. The minimum absolute atomic E-state index is 0.111. The Morgan fingerprint density at radius 3 is 2.51 bits per heavy atom. The number of halogens is 3. The van der Waals surface area contributed by atoms with Gasteiger partial charge in [-0.1, -0.05) is 23.8 Å². The van der Waals surface area contributed by atoms with E-state index in [0.717, 1.165) is 56.4 Å². The highest BCUT2D eigenvalue weighted by Crippen LogP contribution is 2.30. The normalized spacial score (nSPS) is 16.0. The Kier molecular flexibility index (Phi) is 7.74. The molecule has 1 saturated carbocycles. The summed E-state index contributed by atoms with van der Waals surface area (Å²) in [5.41, 5.74) is 1.64. The maximum absolute atomic E-state index is 12.7. The first-order chi connectivity index (χ1) is 16.9. The molecule has 182 valence electrons. The van der Waals surface area contributed by atoms with Gasteiger partial charge in [-0.2, -0.15) is 13.2 Å². The van der Waals surface area contributed by atoms with Gasteiger partial charge >= 0.3 is 6.18 Å². The summed E-state index contributed by atoms with van der Waals surface area (Å²) in [6, 6.07) is 11.4. The fraction of sp³-hybridized carbons (Fsp3) is 0.308. The summed E-state index contributed by atoms with van der Waals surface area (Å²) in [7, 11) is 0. The van der Waals surface area contributed by atoms with Gasteiger partial charge < -0.3 is 10.1 Å². The summed E-state index contributed by atoms with van der Waals surface area (Å²) in [5.74, 6) is 0.590. The standard InChI is InChI=1S/C26H25F3N4O2/c27-26(28,29)20-10-13-23(32-17-20)35-22-7-2-6-19(16-22)5-1-4-18-8-11-21(12-9-18)33-25(34)24-30-14-3-15-31-24/h2-4,6-7,10,13-17,21H,1,5,8-9,11-12H2,(H,33,34). The molecule has 3 aromatic rings. The number of amides is 1. The van der Waals surface area contributed by atoms with E-state index < -0.39 is 11.7 Å². The van der Waals surface area contributed by atoms with E-state index in [2.05, 4.69) is 26.3 Å². The van der Waals surface area contributed by atoms with E-state index in [4.69, 9.17) is 4.74 Å². The molecule has 2 aromatic heterocycles. The third kappa shape index (κ3) is 7.11. The fourth-order valence-corrected chi connectivity index (χ4v) is 3.94. The number of alkyl halides is 3. The third-order valence-corrected chi connectivity index (χ3v) is 5.78. The maximum Gasteiger partial charge on any atom is 0.417 e. The minimum Gasteiger partial charge on any atom is -0.439 e. The fourth-order valence-electron chi connectivity index (χ4n) is 3.94. The van der Waals surface area contributed by atoms with Gasteiger partial charge in [-0.05, 0) is 68.4 Å². The number of ether oxygens (including phenoxy) is 1. The van der Waals surface area contributed by atoms with Crippen LogP contribution in [-0.4, -0.2) is 26.9 Å². The molecule has 0 spiro atoms. The van der Waals surface area contributed by atoms with Crippen LogP contribution in [0.15, 0.2) is 72.7 Å². The maximum atomic E-state index is 12.7. The van der Waals surface area contributed by atoms with Gasteiger partial charge in [-0.15, -0.1) is 0 Å². The number of carbonyl (C=O) groups excluding carboxylic acids is 1. The van der Waals surface area contributed by atoms with Gasteiger partial charge in [0.2, 0.25) is 11.7 Å². The lowest BCUT2D eigenvalue weighted by molar-refractivity contribution is -0.137. The number of pyridine rings is 1. The van der Waals surface area contributed by atoms with E-state index in [1.807, 2.05) is 18.2 Å². The van der Waals surface area contributed by atoms with Gasteiger partial charge in [-0.3, -0.25) is 4.79 Å². The van der Waals surface area contributed by atoms with E-state index >= 15 is 0 Å². The molecule has 0 bridgehead atoms. The van der Waals surface area contributed by atoms with Crippen molar-refractivity contribution in [3.8, 4) is 11.6 Å². The number of nitrogens with zero attached hydrogens (tertiary/aromatic N) is 3. The van der Waals surface area contributed by atoms with Crippen molar-refractivity contribution in [2.45, 2.75) is 50.7 Å². The van der Waals surface area contributed by atoms with Crippen molar-refractivity contribution in [3.05, 3.63) is 89.7 Å². The molecule has 35 heavy (non-hydrogen) atoms. The molecular formula is C26H25F3N4O2. The Hall–Kier alpha value is -3.75. The molecule has 1 aromatic carbocycles. The molecule has 4 rings (SSSR count). The number of hydrogen-bond donors (Lipinski definition) is 1. The Labute approximate surface area is 201 Å². The van der Waals surface area contributed by atoms with Crippen molar-refractivity contribution >= 4 is 5.91 Å². The Morgan fingerprint density at radius 2 is 1.83 bits per heavy atom. The number of carbonyl (C=O) groups is 1. The summed E-state index contributed by atoms with van der Waals surface area (Å²) < 4.78 is 43.7. The lowest BCUT2D eigenvalue weighted by atomic mass is 9.90. The second kappa shape index (κ2) is 11.1. The Morgan fingerprint density at radius 1 is 1.06 bits per heavy atom. The van der Waals surface area contributed by atoms with Crippen molar-refractivity contribution in [1.82, 2.24) is 20.3 Å². The van der Waals surface area contributed by atoms with E-state index in [-0.39, 0.29) is 23.7 Å². The molecule has 0 saturated heterocycles. The smallest absolute Gasteiger partial charge is 0.417 e. The lowest BCUT2D eigenvalue weighted by Gasteiger charge is -2.24. The summed E-state index contributed by atoms with van der Waals surface area (Å²) in [5, 5.41) is 3.01. The summed E-state index contributed by atoms with van der Waals surface area (Å²) >= 11 is 0. The van der Waals surface area contributed by atoms with Crippen LogP contribution in [0.2, 0.25) is 0 Å². The zero-order valence-corrected chi connectivity index (χ0v) is 19.0. The van der Waals surface area contributed by atoms with E-state index in [9.17, 15) is 18.0 Å². The number of rotatable bonds is 7. The molecule has 9 heteroatoms. The minimum atomic E-state index is -4.43. The predicted molar refractivity (Wildman–Crippen MR) is 124 cm³/mol. The highest BCUT2D eigenvalue weighted by atomic mass is 19.4.